The van der Waals surface area contributed by atoms with Crippen molar-refractivity contribution in [3.63, 3.8) is 0 Å². The van der Waals surface area contributed by atoms with Crippen molar-refractivity contribution in [2.24, 2.45) is 22.2 Å². The van der Waals surface area contributed by atoms with E-state index in [1.54, 1.807) is 12.4 Å². The molecule has 0 aliphatic rings. The van der Waals surface area contributed by atoms with Crippen molar-refractivity contribution in [2.45, 2.75) is 49.9 Å². The van der Waals surface area contributed by atoms with Crippen LogP contribution in [0, 0.1) is 0 Å². The number of nitrogens with two attached hydrogens (primary N) is 3. The number of hydrogen-bond acceptors (Lipinski definition) is 7. The molecule has 46 heavy (non-hydrogen) atoms. The first kappa shape index (κ1) is 33.9. The highest BCUT2D eigenvalue weighted by Crippen LogP contribution is 2.20. The van der Waals surface area contributed by atoms with Crippen LogP contribution in [0.1, 0.15) is 24.0 Å². The first-order valence-corrected chi connectivity index (χ1v) is 15.4. The quantitative estimate of drug-likeness (QED) is 0.0349. The lowest BCUT2D eigenvalue weighted by Gasteiger charge is -2.24. The highest BCUT2D eigenvalue weighted by Gasteiger charge is 2.30. The van der Waals surface area contributed by atoms with Crippen molar-refractivity contribution < 1.29 is 24.3 Å². The molecule has 14 nitrogen and oxygen atoms in total. The lowest BCUT2D eigenvalue weighted by atomic mass is 10.0. The normalized spacial score (nSPS) is 13.8. The summed E-state index contributed by atoms with van der Waals surface area (Å²) in [7, 11) is 0. The molecule has 2 aromatic heterocycles. The zero-order chi connectivity index (χ0) is 33.2. The van der Waals surface area contributed by atoms with E-state index in [1.165, 1.54) is 0 Å². The minimum Gasteiger partial charge on any atom is -0.480 e. The summed E-state index contributed by atoms with van der Waals surface area (Å²) >= 11 is 4.23. The number of aliphatic imine (C=N–C) groups is 1. The van der Waals surface area contributed by atoms with Gasteiger partial charge in [0.05, 0.1) is 6.04 Å². The minimum atomic E-state index is -1.29. The number of carbonyl (C=O) groups excluding carboxylic acids is 3. The van der Waals surface area contributed by atoms with E-state index in [2.05, 4.69) is 43.5 Å². The molecule has 0 aliphatic carbocycles. The van der Waals surface area contributed by atoms with Gasteiger partial charge in [-0.05, 0) is 42.5 Å². The van der Waals surface area contributed by atoms with Crippen LogP contribution in [0.3, 0.4) is 0 Å². The lowest BCUT2D eigenvalue weighted by molar-refractivity contribution is -0.142. The Kier molecular flexibility index (Phi) is 11.6. The summed E-state index contributed by atoms with van der Waals surface area (Å²) in [6, 6.07) is 10.5. The number of fused-ring (bicyclic) bond motifs is 2. The van der Waals surface area contributed by atoms with Crippen molar-refractivity contribution in [1.29, 1.82) is 0 Å². The predicted octanol–water partition coefficient (Wildman–Crippen LogP) is 0.284. The summed E-state index contributed by atoms with van der Waals surface area (Å²) in [4.78, 5) is 62.0. The molecule has 12 N–H and O–H groups in total. The van der Waals surface area contributed by atoms with Gasteiger partial charge in [-0.2, -0.15) is 12.6 Å². The number of aliphatic carboxylic acids is 1. The molecule has 4 atom stereocenters. The van der Waals surface area contributed by atoms with Gasteiger partial charge < -0.3 is 48.2 Å². The van der Waals surface area contributed by atoms with Crippen LogP contribution in [-0.4, -0.2) is 81.2 Å². The lowest BCUT2D eigenvalue weighted by Crippen LogP contribution is -2.58. The molecule has 4 rings (SSSR count). The number of carboxylic acid groups (broad SMARTS) is 1. The number of aromatic nitrogens is 2. The van der Waals surface area contributed by atoms with Crippen molar-refractivity contribution >= 4 is 64.1 Å². The molecule has 3 amide bonds. The number of aromatic amines is 2. The average molecular weight is 650 g/mol. The van der Waals surface area contributed by atoms with Crippen molar-refractivity contribution in [2.75, 3.05) is 12.3 Å². The van der Waals surface area contributed by atoms with Crippen LogP contribution < -0.4 is 33.2 Å². The Labute approximate surface area is 270 Å². The second kappa shape index (κ2) is 15.8. The van der Waals surface area contributed by atoms with Gasteiger partial charge in [0.25, 0.3) is 0 Å². The molecule has 0 fully saturated rings. The number of amides is 3. The second-order valence-corrected chi connectivity index (χ2v) is 11.3. The summed E-state index contributed by atoms with van der Waals surface area (Å²) in [6.07, 6.45) is 4.09. The maximum atomic E-state index is 13.4. The summed E-state index contributed by atoms with van der Waals surface area (Å²) < 4.78 is 0. The van der Waals surface area contributed by atoms with Gasteiger partial charge in [0.2, 0.25) is 17.7 Å². The molecular weight excluding hydrogens is 610 g/mol. The van der Waals surface area contributed by atoms with Gasteiger partial charge in [0.15, 0.2) is 5.96 Å². The fraction of sp³-hybridized carbons (Fsp3) is 0.323. The molecule has 15 heteroatoms. The third-order valence-electron chi connectivity index (χ3n) is 7.56. The fourth-order valence-electron chi connectivity index (χ4n) is 5.14. The molecule has 0 saturated carbocycles. The molecule has 2 aromatic carbocycles. The number of H-pyrrole nitrogens is 2. The Balaban J connectivity index is 1.42. The Bertz CT molecular complexity index is 1710. The Hall–Kier alpha value is -5.02. The molecule has 244 valence electrons. The minimum absolute atomic E-state index is 0.00337. The molecule has 4 aromatic rings. The van der Waals surface area contributed by atoms with Crippen molar-refractivity contribution in [3.8, 4) is 0 Å². The molecule has 0 saturated heterocycles. The van der Waals surface area contributed by atoms with Crippen LogP contribution in [-0.2, 0) is 32.0 Å². The number of rotatable bonds is 16. The maximum Gasteiger partial charge on any atom is 0.326 e. The van der Waals surface area contributed by atoms with Crippen LogP contribution in [0.15, 0.2) is 65.9 Å². The smallest absolute Gasteiger partial charge is 0.326 e. The van der Waals surface area contributed by atoms with E-state index < -0.39 is 47.9 Å². The third kappa shape index (κ3) is 8.79. The number of carbonyl (C=O) groups is 4. The molecule has 0 bridgehead atoms. The zero-order valence-electron chi connectivity index (χ0n) is 25.0. The SMILES string of the molecule is NC(N)=NCCCC(NC(=O)C(CS)NC(=O)C(N)Cc1c[nH]c2ccccc12)C(=O)NC(Cc1c[nH]c2ccccc12)C(=O)O. The molecule has 0 spiro atoms. The Morgan fingerprint density at radius 1 is 0.783 bits per heavy atom. The van der Waals surface area contributed by atoms with Gasteiger partial charge >= 0.3 is 5.97 Å². The highest BCUT2D eigenvalue weighted by molar-refractivity contribution is 7.80. The van der Waals surface area contributed by atoms with E-state index in [9.17, 15) is 24.3 Å². The monoisotopic (exact) mass is 649 g/mol. The predicted molar refractivity (Wildman–Crippen MR) is 179 cm³/mol. The average Bonchev–Trinajstić information content (AvgIpc) is 3.64. The van der Waals surface area contributed by atoms with Gasteiger partial charge in [-0.15, -0.1) is 0 Å². The van der Waals surface area contributed by atoms with E-state index in [4.69, 9.17) is 17.2 Å². The largest absolute Gasteiger partial charge is 0.480 e. The number of hydrogen-bond donors (Lipinski definition) is 10. The van der Waals surface area contributed by atoms with Gasteiger partial charge in [0, 0.05) is 52.9 Å². The van der Waals surface area contributed by atoms with E-state index >= 15 is 0 Å². The number of benzene rings is 2. The van der Waals surface area contributed by atoms with Crippen LogP contribution in [0.4, 0.5) is 0 Å². The summed E-state index contributed by atoms with van der Waals surface area (Å²) in [5, 5.41) is 19.5. The first-order chi connectivity index (χ1) is 22.1. The summed E-state index contributed by atoms with van der Waals surface area (Å²) in [5.74, 6) is -3.43. The van der Waals surface area contributed by atoms with Crippen LogP contribution in [0.25, 0.3) is 21.8 Å². The van der Waals surface area contributed by atoms with Crippen molar-refractivity contribution in [3.05, 3.63) is 72.1 Å². The van der Waals surface area contributed by atoms with Gasteiger partial charge in [0.1, 0.15) is 18.1 Å². The number of carboxylic acids is 1. The Morgan fingerprint density at radius 2 is 1.30 bits per heavy atom. The fourth-order valence-corrected chi connectivity index (χ4v) is 5.40. The van der Waals surface area contributed by atoms with Crippen LogP contribution in [0.2, 0.25) is 0 Å². The number of thiol groups is 1. The number of guanidine groups is 1. The van der Waals surface area contributed by atoms with Gasteiger partial charge in [-0.25, -0.2) is 4.79 Å². The number of para-hydroxylation sites is 2. The van der Waals surface area contributed by atoms with E-state index in [0.717, 1.165) is 27.4 Å². The van der Waals surface area contributed by atoms with E-state index in [-0.39, 0.29) is 37.5 Å². The van der Waals surface area contributed by atoms with Gasteiger partial charge in [-0.1, -0.05) is 36.4 Å². The molecule has 2 heterocycles. The summed E-state index contributed by atoms with van der Waals surface area (Å²) in [5.41, 5.74) is 20.3. The molecule has 0 aliphatic heterocycles. The summed E-state index contributed by atoms with van der Waals surface area (Å²) in [6.45, 7) is 0.176. The second-order valence-electron chi connectivity index (χ2n) is 10.9. The highest BCUT2D eigenvalue weighted by atomic mass is 32.1. The van der Waals surface area contributed by atoms with E-state index in [1.807, 2.05) is 48.5 Å². The van der Waals surface area contributed by atoms with Crippen LogP contribution >= 0.6 is 12.6 Å². The first-order valence-electron chi connectivity index (χ1n) is 14.7. The third-order valence-corrected chi connectivity index (χ3v) is 7.92. The topological polar surface area (TPSA) is 247 Å². The molecule has 4 unspecified atom stereocenters. The number of nitrogens with zero attached hydrogens (tertiary/aromatic N) is 1. The standard InChI is InChI=1S/C31H39N9O5S/c32-21(12-17-14-36-22-8-3-1-6-19(17)22)27(41)40-26(16-46)29(43)38-24(10-5-11-35-31(33)34)28(42)39-25(30(44)45)13-18-15-37-23-9-4-2-7-20(18)23/h1-4,6-9,14-15,21,24-26,36-37,46H,5,10-13,16,32H2,(H,38,43)(H,39,42)(H,40,41)(H,44,45)(H4,33,34,35). The van der Waals surface area contributed by atoms with Crippen LogP contribution in [0.5, 0.6) is 0 Å². The molecule has 0 radical (unpaired) electrons. The van der Waals surface area contributed by atoms with Crippen molar-refractivity contribution in [1.82, 2.24) is 25.9 Å². The number of nitrogens with one attached hydrogen (secondary N) is 5. The zero-order valence-corrected chi connectivity index (χ0v) is 25.9. The van der Waals surface area contributed by atoms with E-state index in [0.29, 0.717) is 12.0 Å². The Morgan fingerprint density at radius 3 is 1.87 bits per heavy atom. The van der Waals surface area contributed by atoms with Gasteiger partial charge in [-0.3, -0.25) is 19.4 Å². The molecular formula is C31H39N9O5S. The maximum absolute atomic E-state index is 13.4.